The van der Waals surface area contributed by atoms with Gasteiger partial charge < -0.3 is 9.64 Å². The predicted molar refractivity (Wildman–Crippen MR) is 97.3 cm³/mol. The molecule has 2 saturated heterocycles. The molecule has 134 valence electrons. The molecule has 0 radical (unpaired) electrons. The Morgan fingerprint density at radius 3 is 2.36 bits per heavy atom. The Morgan fingerprint density at radius 1 is 1.04 bits per heavy atom. The van der Waals surface area contributed by atoms with Crippen LogP contribution in [0.1, 0.15) is 56.9 Å². The van der Waals surface area contributed by atoms with Gasteiger partial charge in [0.1, 0.15) is 6.10 Å². The molecule has 4 bridgehead atoms. The molecule has 2 saturated carbocycles. The van der Waals surface area contributed by atoms with Crippen LogP contribution in [0.4, 0.5) is 0 Å². The summed E-state index contributed by atoms with van der Waals surface area (Å²) < 4.78 is 6.25. The molecule has 1 aromatic carbocycles. The Morgan fingerprint density at radius 2 is 1.76 bits per heavy atom. The molecule has 0 N–H and O–H groups in total. The molecular weight excluding hydrogens is 310 g/mol. The average Bonchev–Trinajstić information content (AvgIpc) is 3.29. The minimum atomic E-state index is -0.368. The van der Waals surface area contributed by atoms with Crippen LogP contribution in [0, 0.1) is 11.8 Å². The van der Waals surface area contributed by atoms with E-state index < -0.39 is 0 Å². The van der Waals surface area contributed by atoms with E-state index in [1.165, 1.54) is 37.7 Å². The van der Waals surface area contributed by atoms with Gasteiger partial charge in [-0.25, -0.2) is 0 Å². The Balaban J connectivity index is 1.40. The second-order valence-corrected chi connectivity index (χ2v) is 8.97. The smallest absolute Gasteiger partial charge is 0.317 e. The summed E-state index contributed by atoms with van der Waals surface area (Å²) in [5.41, 5.74) is 0.829. The van der Waals surface area contributed by atoms with Crippen LogP contribution in [0.15, 0.2) is 30.3 Å². The Kier molecular flexibility index (Phi) is 3.70. The van der Waals surface area contributed by atoms with Crippen LogP contribution in [0.25, 0.3) is 0 Å². The molecule has 2 aliphatic heterocycles. The van der Waals surface area contributed by atoms with Crippen LogP contribution in [0.2, 0.25) is 0 Å². The molecule has 4 aliphatic rings. The number of carbonyl (C=O) groups excluding carboxylic acids is 1. The van der Waals surface area contributed by atoms with Gasteiger partial charge in [-0.15, -0.1) is 0 Å². The fourth-order valence-corrected chi connectivity index (χ4v) is 6.50. The highest BCUT2D eigenvalue weighted by Gasteiger charge is 2.58. The van der Waals surface area contributed by atoms with Crippen molar-refractivity contribution >= 4 is 5.97 Å². The summed E-state index contributed by atoms with van der Waals surface area (Å²) in [7, 11) is 2.24. The molecule has 5 atom stereocenters. The number of fused-ring (bicyclic) bond motifs is 4. The SMILES string of the molecule is CN1C2CCC1CC(OC(=O)C1(c3ccccc3)CC3CCC1C3)C2. The maximum atomic E-state index is 13.5. The number of carbonyl (C=O) groups is 1. The zero-order valence-corrected chi connectivity index (χ0v) is 15.2. The van der Waals surface area contributed by atoms with Crippen molar-refractivity contribution in [2.45, 2.75) is 75.0 Å². The van der Waals surface area contributed by atoms with Gasteiger partial charge in [0.15, 0.2) is 0 Å². The molecule has 2 aliphatic carbocycles. The van der Waals surface area contributed by atoms with Crippen molar-refractivity contribution in [3.63, 3.8) is 0 Å². The number of nitrogens with zero attached hydrogens (tertiary/aromatic N) is 1. The zero-order valence-electron chi connectivity index (χ0n) is 15.2. The third kappa shape index (κ3) is 2.38. The number of hydrogen-bond acceptors (Lipinski definition) is 3. The van der Waals surface area contributed by atoms with Crippen molar-refractivity contribution in [1.29, 1.82) is 0 Å². The van der Waals surface area contributed by atoms with Gasteiger partial charge in [0, 0.05) is 12.1 Å². The number of rotatable bonds is 3. The summed E-state index contributed by atoms with van der Waals surface area (Å²) in [5, 5.41) is 0. The second-order valence-electron chi connectivity index (χ2n) is 8.97. The Hall–Kier alpha value is -1.35. The first-order valence-corrected chi connectivity index (χ1v) is 10.2. The van der Waals surface area contributed by atoms with Gasteiger partial charge in [-0.2, -0.15) is 0 Å². The molecule has 0 aromatic heterocycles. The second kappa shape index (κ2) is 5.84. The third-order valence-corrected chi connectivity index (χ3v) is 7.83. The molecule has 0 amide bonds. The number of piperidine rings is 1. The lowest BCUT2D eigenvalue weighted by Gasteiger charge is -2.40. The van der Waals surface area contributed by atoms with Crippen molar-refractivity contribution in [3.8, 4) is 0 Å². The maximum Gasteiger partial charge on any atom is 0.317 e. The monoisotopic (exact) mass is 339 g/mol. The predicted octanol–water partition coefficient (Wildman–Crippen LogP) is 3.91. The first-order valence-electron chi connectivity index (χ1n) is 10.2. The van der Waals surface area contributed by atoms with Gasteiger partial charge in [0.2, 0.25) is 0 Å². The summed E-state index contributed by atoms with van der Waals surface area (Å²) in [5.74, 6) is 1.28. The van der Waals surface area contributed by atoms with Crippen LogP contribution < -0.4 is 0 Å². The van der Waals surface area contributed by atoms with E-state index in [-0.39, 0.29) is 17.5 Å². The lowest BCUT2D eigenvalue weighted by Crippen LogP contribution is -2.47. The highest BCUT2D eigenvalue weighted by Crippen LogP contribution is 2.57. The standard InChI is InChI=1S/C22H29NO2/c1-23-18-9-10-19(23)13-20(12-18)25-21(24)22(16-5-3-2-4-6-16)14-15-7-8-17(22)11-15/h2-6,15,17-20H,7-14H2,1H3. The van der Waals surface area contributed by atoms with Gasteiger partial charge in [0.25, 0.3) is 0 Å². The van der Waals surface area contributed by atoms with E-state index in [4.69, 9.17) is 4.74 Å². The Bertz CT molecular complexity index is 645. The van der Waals surface area contributed by atoms with E-state index in [9.17, 15) is 4.79 Å². The molecule has 2 heterocycles. The van der Waals surface area contributed by atoms with Gasteiger partial charge in [-0.3, -0.25) is 4.79 Å². The largest absolute Gasteiger partial charge is 0.462 e. The average molecular weight is 339 g/mol. The molecule has 5 rings (SSSR count). The number of esters is 1. The van der Waals surface area contributed by atoms with E-state index in [0.717, 1.165) is 19.3 Å². The Labute approximate surface area is 150 Å². The van der Waals surface area contributed by atoms with Gasteiger partial charge in [-0.05, 0) is 69.4 Å². The number of hydrogen-bond donors (Lipinski definition) is 0. The van der Waals surface area contributed by atoms with Crippen LogP contribution in [-0.2, 0) is 14.9 Å². The van der Waals surface area contributed by atoms with Crippen molar-refractivity contribution in [1.82, 2.24) is 4.90 Å². The summed E-state index contributed by atoms with van der Waals surface area (Å²) in [6.07, 6.45) is 9.41. The summed E-state index contributed by atoms with van der Waals surface area (Å²) >= 11 is 0. The fourth-order valence-electron chi connectivity index (χ4n) is 6.50. The van der Waals surface area contributed by atoms with E-state index >= 15 is 0 Å². The topological polar surface area (TPSA) is 29.5 Å². The van der Waals surface area contributed by atoms with E-state index in [2.05, 4.69) is 36.2 Å². The molecule has 4 fully saturated rings. The summed E-state index contributed by atoms with van der Waals surface area (Å²) in [6, 6.07) is 11.7. The molecule has 3 nitrogen and oxygen atoms in total. The molecule has 3 heteroatoms. The zero-order chi connectivity index (χ0) is 17.0. The molecular formula is C22H29NO2. The van der Waals surface area contributed by atoms with Crippen molar-refractivity contribution in [2.24, 2.45) is 11.8 Å². The van der Waals surface area contributed by atoms with Crippen LogP contribution in [0.3, 0.4) is 0 Å². The summed E-state index contributed by atoms with van der Waals surface area (Å²) in [6.45, 7) is 0. The first-order chi connectivity index (χ1) is 12.2. The van der Waals surface area contributed by atoms with Crippen molar-refractivity contribution in [2.75, 3.05) is 7.05 Å². The highest BCUT2D eigenvalue weighted by atomic mass is 16.5. The maximum absolute atomic E-state index is 13.5. The fraction of sp³-hybridized carbons (Fsp3) is 0.682. The van der Waals surface area contributed by atoms with Crippen LogP contribution in [0.5, 0.6) is 0 Å². The number of ether oxygens (including phenoxy) is 1. The normalized spacial score (nSPS) is 42.7. The molecule has 1 aromatic rings. The minimum absolute atomic E-state index is 0.0832. The molecule has 25 heavy (non-hydrogen) atoms. The van der Waals surface area contributed by atoms with Crippen molar-refractivity contribution in [3.05, 3.63) is 35.9 Å². The third-order valence-electron chi connectivity index (χ3n) is 7.83. The minimum Gasteiger partial charge on any atom is -0.462 e. The van der Waals surface area contributed by atoms with Gasteiger partial charge in [-0.1, -0.05) is 36.8 Å². The lowest BCUT2D eigenvalue weighted by atomic mass is 9.68. The molecule has 5 unspecified atom stereocenters. The van der Waals surface area contributed by atoms with Gasteiger partial charge in [0.05, 0.1) is 5.41 Å². The first kappa shape index (κ1) is 15.9. The van der Waals surface area contributed by atoms with E-state index in [1.54, 1.807) is 0 Å². The molecule has 0 spiro atoms. The van der Waals surface area contributed by atoms with E-state index in [0.29, 0.717) is 23.9 Å². The van der Waals surface area contributed by atoms with Crippen LogP contribution >= 0.6 is 0 Å². The highest BCUT2D eigenvalue weighted by molar-refractivity contribution is 5.84. The van der Waals surface area contributed by atoms with Crippen LogP contribution in [-0.4, -0.2) is 36.1 Å². The lowest BCUT2D eigenvalue weighted by molar-refractivity contribution is -0.162. The quantitative estimate of drug-likeness (QED) is 0.782. The van der Waals surface area contributed by atoms with E-state index in [1.807, 2.05) is 6.07 Å². The number of benzene rings is 1. The van der Waals surface area contributed by atoms with Crippen molar-refractivity contribution < 1.29 is 9.53 Å². The summed E-state index contributed by atoms with van der Waals surface area (Å²) in [4.78, 5) is 16.0. The van der Waals surface area contributed by atoms with Gasteiger partial charge >= 0.3 is 5.97 Å².